The molecule has 0 radical (unpaired) electrons. The number of hydrogen-bond acceptors (Lipinski definition) is 2. The first-order valence-electron chi connectivity index (χ1n) is 5.60. The van der Waals surface area contributed by atoms with E-state index >= 15 is 0 Å². The second-order valence-electron chi connectivity index (χ2n) is 3.56. The lowest BCUT2D eigenvalue weighted by Crippen LogP contribution is -2.35. The summed E-state index contributed by atoms with van der Waals surface area (Å²) in [6, 6.07) is 7.56. The predicted octanol–water partition coefficient (Wildman–Crippen LogP) is 1.71. The summed E-state index contributed by atoms with van der Waals surface area (Å²) >= 11 is 3.33. The number of rotatable bonds is 5. The van der Waals surface area contributed by atoms with Gasteiger partial charge in [-0.3, -0.25) is 9.59 Å². The zero-order chi connectivity index (χ0) is 13.4. The third kappa shape index (κ3) is 5.63. The van der Waals surface area contributed by atoms with E-state index in [1.807, 2.05) is 31.2 Å². The maximum absolute atomic E-state index is 11.4. The van der Waals surface area contributed by atoms with Crippen LogP contribution in [-0.2, 0) is 9.59 Å². The van der Waals surface area contributed by atoms with Crippen LogP contribution in [0, 0.1) is 0 Å². The van der Waals surface area contributed by atoms with Gasteiger partial charge in [0.05, 0.1) is 6.54 Å². The monoisotopic (exact) mass is 310 g/mol. The van der Waals surface area contributed by atoms with E-state index in [1.165, 1.54) is 6.08 Å². The van der Waals surface area contributed by atoms with Crippen molar-refractivity contribution in [1.82, 2.24) is 10.6 Å². The van der Waals surface area contributed by atoms with Crippen LogP contribution in [0.5, 0.6) is 0 Å². The van der Waals surface area contributed by atoms with Gasteiger partial charge in [0.2, 0.25) is 11.8 Å². The number of nitrogens with one attached hydrogen (secondary N) is 2. The van der Waals surface area contributed by atoms with Crippen LogP contribution in [0.3, 0.4) is 0 Å². The fourth-order valence-electron chi connectivity index (χ4n) is 1.23. The van der Waals surface area contributed by atoms with Crippen LogP contribution < -0.4 is 10.6 Å². The molecule has 0 aliphatic carbocycles. The molecule has 96 valence electrons. The van der Waals surface area contributed by atoms with Crippen molar-refractivity contribution in [3.05, 3.63) is 40.4 Å². The van der Waals surface area contributed by atoms with Gasteiger partial charge in [-0.15, -0.1) is 0 Å². The molecular formula is C13H15BrN2O2. The quantitative estimate of drug-likeness (QED) is 0.814. The van der Waals surface area contributed by atoms with Gasteiger partial charge < -0.3 is 10.6 Å². The van der Waals surface area contributed by atoms with Crippen LogP contribution in [0.15, 0.2) is 34.8 Å². The van der Waals surface area contributed by atoms with Gasteiger partial charge >= 0.3 is 0 Å². The molecule has 0 bridgehead atoms. The van der Waals surface area contributed by atoms with Crippen molar-refractivity contribution < 1.29 is 9.59 Å². The lowest BCUT2D eigenvalue weighted by atomic mass is 10.2. The van der Waals surface area contributed by atoms with Gasteiger partial charge in [-0.2, -0.15) is 0 Å². The highest BCUT2D eigenvalue weighted by Gasteiger charge is 2.00. The molecule has 5 heteroatoms. The molecule has 0 atom stereocenters. The molecule has 4 nitrogen and oxygen atoms in total. The highest BCUT2D eigenvalue weighted by atomic mass is 79.9. The zero-order valence-corrected chi connectivity index (χ0v) is 11.7. The molecule has 0 aliphatic rings. The average molecular weight is 311 g/mol. The van der Waals surface area contributed by atoms with Crippen LogP contribution in [-0.4, -0.2) is 24.9 Å². The summed E-state index contributed by atoms with van der Waals surface area (Å²) in [5.41, 5.74) is 0.923. The standard InChI is InChI=1S/C13H15BrN2O2/c1-2-15-13(18)9-16-12(17)8-5-10-3-6-11(14)7-4-10/h3-8H,2,9H2,1H3,(H,15,18)(H,16,17)/b8-5+. The van der Waals surface area contributed by atoms with Crippen molar-refractivity contribution in [3.8, 4) is 0 Å². The van der Waals surface area contributed by atoms with Crippen LogP contribution in [0.2, 0.25) is 0 Å². The van der Waals surface area contributed by atoms with Crippen LogP contribution in [0.1, 0.15) is 12.5 Å². The van der Waals surface area contributed by atoms with Gasteiger partial charge in [-0.05, 0) is 30.7 Å². The van der Waals surface area contributed by atoms with Crippen molar-refractivity contribution in [2.75, 3.05) is 13.1 Å². The largest absolute Gasteiger partial charge is 0.355 e. The molecule has 1 aromatic rings. The second kappa shape index (κ2) is 7.66. The maximum Gasteiger partial charge on any atom is 0.244 e. The molecule has 0 heterocycles. The summed E-state index contributed by atoms with van der Waals surface area (Å²) in [6.45, 7) is 2.38. The molecule has 18 heavy (non-hydrogen) atoms. The zero-order valence-electron chi connectivity index (χ0n) is 10.1. The lowest BCUT2D eigenvalue weighted by molar-refractivity contribution is -0.123. The second-order valence-corrected chi connectivity index (χ2v) is 4.47. The first kappa shape index (κ1) is 14.4. The smallest absolute Gasteiger partial charge is 0.244 e. The Bertz CT molecular complexity index is 441. The molecule has 0 saturated heterocycles. The molecule has 0 spiro atoms. The Hall–Kier alpha value is -1.62. The minimum absolute atomic E-state index is 0.00263. The number of hydrogen-bond donors (Lipinski definition) is 2. The Labute approximate surface area is 115 Å². The van der Waals surface area contributed by atoms with E-state index in [1.54, 1.807) is 6.08 Å². The number of benzene rings is 1. The topological polar surface area (TPSA) is 58.2 Å². The maximum atomic E-state index is 11.4. The van der Waals surface area contributed by atoms with Crippen molar-refractivity contribution in [2.45, 2.75) is 6.92 Å². The summed E-state index contributed by atoms with van der Waals surface area (Å²) in [5, 5.41) is 5.10. The van der Waals surface area contributed by atoms with Gasteiger partial charge in [0.25, 0.3) is 0 Å². The molecular weight excluding hydrogens is 296 g/mol. The van der Waals surface area contributed by atoms with Gasteiger partial charge in [-0.1, -0.05) is 28.1 Å². The number of likely N-dealkylation sites (N-methyl/N-ethyl adjacent to an activating group) is 1. The van der Waals surface area contributed by atoms with E-state index < -0.39 is 0 Å². The summed E-state index contributed by atoms with van der Waals surface area (Å²) in [6.07, 6.45) is 3.10. The number of halogens is 1. The summed E-state index contributed by atoms with van der Waals surface area (Å²) in [7, 11) is 0. The third-order valence-corrected chi connectivity index (χ3v) is 2.62. The lowest BCUT2D eigenvalue weighted by Gasteiger charge is -2.02. The summed E-state index contributed by atoms with van der Waals surface area (Å²) in [4.78, 5) is 22.5. The molecule has 0 fully saturated rings. The molecule has 1 aromatic carbocycles. The van der Waals surface area contributed by atoms with Crippen LogP contribution >= 0.6 is 15.9 Å². The Morgan fingerprint density at radius 1 is 1.22 bits per heavy atom. The fourth-order valence-corrected chi connectivity index (χ4v) is 1.50. The van der Waals surface area contributed by atoms with E-state index in [-0.39, 0.29) is 18.4 Å². The van der Waals surface area contributed by atoms with E-state index in [4.69, 9.17) is 0 Å². The van der Waals surface area contributed by atoms with E-state index in [9.17, 15) is 9.59 Å². The molecule has 0 unspecified atom stereocenters. The number of carbonyl (C=O) groups is 2. The minimum Gasteiger partial charge on any atom is -0.355 e. The predicted molar refractivity (Wildman–Crippen MR) is 74.9 cm³/mol. The van der Waals surface area contributed by atoms with Crippen LogP contribution in [0.4, 0.5) is 0 Å². The molecule has 0 saturated carbocycles. The highest BCUT2D eigenvalue weighted by molar-refractivity contribution is 9.10. The molecule has 2 amide bonds. The Balaban J connectivity index is 2.40. The molecule has 2 N–H and O–H groups in total. The Morgan fingerprint density at radius 3 is 2.50 bits per heavy atom. The van der Waals surface area contributed by atoms with Crippen molar-refractivity contribution >= 4 is 33.8 Å². The van der Waals surface area contributed by atoms with Crippen LogP contribution in [0.25, 0.3) is 6.08 Å². The highest BCUT2D eigenvalue weighted by Crippen LogP contribution is 2.11. The number of carbonyl (C=O) groups excluding carboxylic acids is 2. The van der Waals surface area contributed by atoms with Crippen molar-refractivity contribution in [1.29, 1.82) is 0 Å². The Kier molecular flexibility index (Phi) is 6.14. The van der Waals surface area contributed by atoms with Gasteiger partial charge in [0.1, 0.15) is 0 Å². The van der Waals surface area contributed by atoms with Crippen molar-refractivity contribution in [3.63, 3.8) is 0 Å². The van der Waals surface area contributed by atoms with Gasteiger partial charge in [0, 0.05) is 17.1 Å². The van der Waals surface area contributed by atoms with Gasteiger partial charge in [0.15, 0.2) is 0 Å². The molecule has 0 aliphatic heterocycles. The first-order valence-corrected chi connectivity index (χ1v) is 6.39. The summed E-state index contributed by atoms with van der Waals surface area (Å²) in [5.74, 6) is -0.480. The SMILES string of the molecule is CCNC(=O)CNC(=O)/C=C/c1ccc(Br)cc1. The fraction of sp³-hybridized carbons (Fsp3) is 0.231. The number of amides is 2. The Morgan fingerprint density at radius 2 is 1.89 bits per heavy atom. The van der Waals surface area contributed by atoms with E-state index in [0.717, 1.165) is 10.0 Å². The molecule has 1 rings (SSSR count). The molecule has 0 aromatic heterocycles. The van der Waals surface area contributed by atoms with E-state index in [2.05, 4.69) is 26.6 Å². The minimum atomic E-state index is -0.288. The van der Waals surface area contributed by atoms with Crippen molar-refractivity contribution in [2.24, 2.45) is 0 Å². The van der Waals surface area contributed by atoms with E-state index in [0.29, 0.717) is 6.54 Å². The normalized spacial score (nSPS) is 10.3. The first-order chi connectivity index (χ1) is 8.61. The average Bonchev–Trinajstić information content (AvgIpc) is 2.36. The van der Waals surface area contributed by atoms with Gasteiger partial charge in [-0.25, -0.2) is 0 Å². The third-order valence-electron chi connectivity index (χ3n) is 2.09. The summed E-state index contributed by atoms with van der Waals surface area (Å²) < 4.78 is 0.986.